The van der Waals surface area contributed by atoms with Crippen LogP contribution in [0.25, 0.3) is 0 Å². The van der Waals surface area contributed by atoms with Crippen molar-refractivity contribution in [2.45, 2.75) is 39.0 Å². The average molecular weight is 192 g/mol. The minimum Gasteiger partial charge on any atom is -0.396 e. The summed E-state index contributed by atoms with van der Waals surface area (Å²) in [5.74, 6) is 0.612. The summed E-state index contributed by atoms with van der Waals surface area (Å²) in [6, 6.07) is 8.82. The third-order valence-electron chi connectivity index (χ3n) is 2.52. The first-order chi connectivity index (χ1) is 6.74. The average Bonchev–Trinajstić information content (AvgIpc) is 2.19. The Morgan fingerprint density at radius 2 is 1.71 bits per heavy atom. The molecule has 1 heteroatoms. The Bertz CT molecular complexity index is 248. The number of aliphatic hydroxyl groups is 1. The maximum Gasteiger partial charge on any atom is 0.0431 e. The quantitative estimate of drug-likeness (QED) is 0.711. The lowest BCUT2D eigenvalue weighted by Gasteiger charge is -2.06. The van der Waals surface area contributed by atoms with Gasteiger partial charge >= 0.3 is 0 Å². The largest absolute Gasteiger partial charge is 0.396 e. The first-order valence-electron chi connectivity index (χ1n) is 5.43. The van der Waals surface area contributed by atoms with E-state index < -0.39 is 0 Å². The van der Waals surface area contributed by atoms with E-state index in [2.05, 4.69) is 38.1 Å². The Labute approximate surface area is 86.8 Å². The molecule has 0 aromatic heterocycles. The summed E-state index contributed by atoms with van der Waals surface area (Å²) in [4.78, 5) is 0. The van der Waals surface area contributed by atoms with Gasteiger partial charge in [0.1, 0.15) is 0 Å². The van der Waals surface area contributed by atoms with Gasteiger partial charge in [-0.1, -0.05) is 38.1 Å². The van der Waals surface area contributed by atoms with Crippen molar-refractivity contribution in [1.29, 1.82) is 0 Å². The van der Waals surface area contributed by atoms with Crippen LogP contribution in [-0.4, -0.2) is 11.7 Å². The molecule has 0 aliphatic rings. The number of hydrogen-bond acceptors (Lipinski definition) is 1. The van der Waals surface area contributed by atoms with Crippen LogP contribution in [0.5, 0.6) is 0 Å². The summed E-state index contributed by atoms with van der Waals surface area (Å²) in [6.45, 7) is 4.73. The number of rotatable bonds is 5. The maximum absolute atomic E-state index is 8.66. The van der Waals surface area contributed by atoms with E-state index in [1.165, 1.54) is 11.1 Å². The minimum atomic E-state index is 0.310. The van der Waals surface area contributed by atoms with Gasteiger partial charge in [-0.3, -0.25) is 0 Å². The SMILES string of the molecule is CC(C)c1ccc(CCCCO)cc1. The van der Waals surface area contributed by atoms with Crippen LogP contribution < -0.4 is 0 Å². The molecule has 0 amide bonds. The molecule has 1 rings (SSSR count). The molecule has 0 aliphatic carbocycles. The molecule has 1 nitrogen and oxygen atoms in total. The van der Waals surface area contributed by atoms with Gasteiger partial charge in [0.25, 0.3) is 0 Å². The molecule has 0 fully saturated rings. The zero-order valence-electron chi connectivity index (χ0n) is 9.16. The van der Waals surface area contributed by atoms with Crippen molar-refractivity contribution >= 4 is 0 Å². The fraction of sp³-hybridized carbons (Fsp3) is 0.538. The predicted octanol–water partition coefficient (Wildman–Crippen LogP) is 3.13. The van der Waals surface area contributed by atoms with Crippen molar-refractivity contribution in [3.8, 4) is 0 Å². The molecule has 0 heterocycles. The Morgan fingerprint density at radius 1 is 1.07 bits per heavy atom. The van der Waals surface area contributed by atoms with E-state index in [1.807, 2.05) is 0 Å². The second kappa shape index (κ2) is 5.82. The van der Waals surface area contributed by atoms with E-state index in [0.29, 0.717) is 12.5 Å². The van der Waals surface area contributed by atoms with Crippen LogP contribution in [0.15, 0.2) is 24.3 Å². The zero-order valence-corrected chi connectivity index (χ0v) is 9.16. The topological polar surface area (TPSA) is 20.2 Å². The van der Waals surface area contributed by atoms with Gasteiger partial charge < -0.3 is 5.11 Å². The van der Waals surface area contributed by atoms with E-state index in [-0.39, 0.29) is 0 Å². The molecule has 0 bridgehead atoms. The minimum absolute atomic E-state index is 0.310. The van der Waals surface area contributed by atoms with Crippen molar-refractivity contribution < 1.29 is 5.11 Å². The Hall–Kier alpha value is -0.820. The van der Waals surface area contributed by atoms with Crippen LogP contribution in [-0.2, 0) is 6.42 Å². The van der Waals surface area contributed by atoms with Gasteiger partial charge in [0.05, 0.1) is 0 Å². The molecule has 1 N–H and O–H groups in total. The van der Waals surface area contributed by atoms with Crippen LogP contribution in [0.3, 0.4) is 0 Å². The fourth-order valence-corrected chi connectivity index (χ4v) is 1.51. The van der Waals surface area contributed by atoms with Crippen LogP contribution in [0.2, 0.25) is 0 Å². The number of aliphatic hydroxyl groups excluding tert-OH is 1. The molecule has 0 atom stereocenters. The summed E-state index contributed by atoms with van der Waals surface area (Å²) in [6.07, 6.45) is 3.07. The molecule has 0 aliphatic heterocycles. The van der Waals surface area contributed by atoms with Gasteiger partial charge in [-0.15, -0.1) is 0 Å². The first kappa shape index (κ1) is 11.3. The van der Waals surface area contributed by atoms with Crippen molar-refractivity contribution in [1.82, 2.24) is 0 Å². The summed E-state index contributed by atoms with van der Waals surface area (Å²) in [5, 5.41) is 8.66. The highest BCUT2D eigenvalue weighted by Gasteiger charge is 1.98. The van der Waals surface area contributed by atoms with E-state index in [0.717, 1.165) is 19.3 Å². The number of hydrogen-bond donors (Lipinski definition) is 1. The normalized spacial score (nSPS) is 10.9. The first-order valence-corrected chi connectivity index (χ1v) is 5.43. The van der Waals surface area contributed by atoms with Crippen molar-refractivity contribution in [3.05, 3.63) is 35.4 Å². The second-order valence-corrected chi connectivity index (χ2v) is 4.08. The molecule has 0 spiro atoms. The van der Waals surface area contributed by atoms with Crippen LogP contribution in [0, 0.1) is 0 Å². The summed E-state index contributed by atoms with van der Waals surface area (Å²) < 4.78 is 0. The fourth-order valence-electron chi connectivity index (χ4n) is 1.51. The lowest BCUT2D eigenvalue weighted by atomic mass is 10.00. The highest BCUT2D eigenvalue weighted by Crippen LogP contribution is 2.15. The summed E-state index contributed by atoms with van der Waals surface area (Å²) in [5.41, 5.74) is 2.78. The van der Waals surface area contributed by atoms with Gasteiger partial charge in [-0.2, -0.15) is 0 Å². The van der Waals surface area contributed by atoms with E-state index >= 15 is 0 Å². The lowest BCUT2D eigenvalue weighted by Crippen LogP contribution is -1.91. The number of unbranched alkanes of at least 4 members (excludes halogenated alkanes) is 1. The highest BCUT2D eigenvalue weighted by atomic mass is 16.2. The Morgan fingerprint density at radius 3 is 2.21 bits per heavy atom. The smallest absolute Gasteiger partial charge is 0.0431 e. The third kappa shape index (κ3) is 3.51. The number of aryl methyl sites for hydroxylation is 1. The monoisotopic (exact) mass is 192 g/mol. The van der Waals surface area contributed by atoms with Gasteiger partial charge in [-0.05, 0) is 36.3 Å². The molecule has 1 aromatic rings. The summed E-state index contributed by atoms with van der Waals surface area (Å²) in [7, 11) is 0. The second-order valence-electron chi connectivity index (χ2n) is 4.08. The summed E-state index contributed by atoms with van der Waals surface area (Å²) >= 11 is 0. The Kier molecular flexibility index (Phi) is 4.68. The van der Waals surface area contributed by atoms with E-state index in [1.54, 1.807) is 0 Å². The third-order valence-corrected chi connectivity index (χ3v) is 2.52. The maximum atomic E-state index is 8.66. The predicted molar refractivity (Wildman–Crippen MR) is 60.6 cm³/mol. The zero-order chi connectivity index (χ0) is 10.4. The molecule has 0 radical (unpaired) electrons. The van der Waals surface area contributed by atoms with E-state index in [4.69, 9.17) is 5.11 Å². The van der Waals surface area contributed by atoms with Crippen molar-refractivity contribution in [2.75, 3.05) is 6.61 Å². The Balaban J connectivity index is 2.47. The number of benzene rings is 1. The lowest BCUT2D eigenvalue weighted by molar-refractivity contribution is 0.284. The molecular formula is C13H20O. The van der Waals surface area contributed by atoms with Crippen LogP contribution in [0.1, 0.15) is 43.7 Å². The van der Waals surface area contributed by atoms with Crippen molar-refractivity contribution in [2.24, 2.45) is 0 Å². The van der Waals surface area contributed by atoms with Crippen LogP contribution in [0.4, 0.5) is 0 Å². The van der Waals surface area contributed by atoms with Gasteiger partial charge in [0, 0.05) is 6.61 Å². The molecule has 0 saturated heterocycles. The molecular weight excluding hydrogens is 172 g/mol. The van der Waals surface area contributed by atoms with Crippen molar-refractivity contribution in [3.63, 3.8) is 0 Å². The van der Waals surface area contributed by atoms with Gasteiger partial charge in [-0.25, -0.2) is 0 Å². The molecule has 0 saturated carbocycles. The molecule has 1 aromatic carbocycles. The molecule has 0 unspecified atom stereocenters. The molecule has 78 valence electrons. The molecule has 14 heavy (non-hydrogen) atoms. The van der Waals surface area contributed by atoms with Crippen LogP contribution >= 0.6 is 0 Å². The van der Waals surface area contributed by atoms with Gasteiger partial charge in [0.2, 0.25) is 0 Å². The standard InChI is InChI=1S/C13H20O/c1-11(2)13-8-6-12(7-9-13)5-3-4-10-14/h6-9,11,14H,3-5,10H2,1-2H3. The van der Waals surface area contributed by atoms with E-state index in [9.17, 15) is 0 Å². The highest BCUT2D eigenvalue weighted by molar-refractivity contribution is 5.24. The van der Waals surface area contributed by atoms with Gasteiger partial charge in [0.15, 0.2) is 0 Å².